The maximum absolute atomic E-state index is 12.0. The van der Waals surface area contributed by atoms with Crippen LogP contribution in [-0.2, 0) is 0 Å². The number of carbonyl (C=O) groups excluding carboxylic acids is 1. The molecule has 90 valence electrons. The number of nitrogens with zero attached hydrogens (tertiary/aromatic N) is 1. The Balaban J connectivity index is 2.17. The SMILES string of the molecule is CSc1ccc(Cl)c(C(=O)NC2=NCCS2)c1. The third-order valence-corrected chi connectivity index (χ3v) is 4.17. The number of carbonyl (C=O) groups is 1. The van der Waals surface area contributed by atoms with Crippen LogP contribution in [0.25, 0.3) is 0 Å². The zero-order chi connectivity index (χ0) is 12.3. The standard InChI is InChI=1S/C11H11ClN2OS2/c1-16-7-2-3-9(12)8(6-7)10(15)14-11-13-4-5-17-11/h2-3,6H,4-5H2,1H3,(H,13,14,15). The summed E-state index contributed by atoms with van der Waals surface area (Å²) in [6.07, 6.45) is 1.96. The van der Waals surface area contributed by atoms with Crippen LogP contribution in [0.2, 0.25) is 5.02 Å². The maximum Gasteiger partial charge on any atom is 0.258 e. The molecule has 3 nitrogen and oxygen atoms in total. The number of hydrogen-bond acceptors (Lipinski definition) is 4. The lowest BCUT2D eigenvalue weighted by Gasteiger charge is -2.07. The molecule has 17 heavy (non-hydrogen) atoms. The van der Waals surface area contributed by atoms with Gasteiger partial charge in [0.25, 0.3) is 5.91 Å². The molecule has 0 fully saturated rings. The van der Waals surface area contributed by atoms with Gasteiger partial charge in [0.2, 0.25) is 0 Å². The zero-order valence-electron chi connectivity index (χ0n) is 9.20. The first-order valence-corrected chi connectivity index (χ1v) is 7.61. The summed E-state index contributed by atoms with van der Waals surface area (Å²) in [5, 5.41) is 3.91. The Kier molecular flexibility index (Phi) is 4.36. The van der Waals surface area contributed by atoms with Gasteiger partial charge in [0.05, 0.1) is 17.1 Å². The van der Waals surface area contributed by atoms with E-state index in [4.69, 9.17) is 11.6 Å². The van der Waals surface area contributed by atoms with Crippen LogP contribution < -0.4 is 5.32 Å². The van der Waals surface area contributed by atoms with Crippen LogP contribution in [0.4, 0.5) is 0 Å². The number of aliphatic imine (C=N–C) groups is 1. The number of halogens is 1. The van der Waals surface area contributed by atoms with E-state index in [1.54, 1.807) is 35.7 Å². The summed E-state index contributed by atoms with van der Waals surface area (Å²) in [5.74, 6) is 0.729. The van der Waals surface area contributed by atoms with Gasteiger partial charge >= 0.3 is 0 Å². The second-order valence-corrected chi connectivity index (χ2v) is 5.71. The summed E-state index contributed by atoms with van der Waals surface area (Å²) in [5.41, 5.74) is 0.494. The summed E-state index contributed by atoms with van der Waals surface area (Å²) < 4.78 is 0. The minimum Gasteiger partial charge on any atom is -0.301 e. The summed E-state index contributed by atoms with van der Waals surface area (Å²) in [4.78, 5) is 17.2. The first-order chi connectivity index (χ1) is 8.20. The fourth-order valence-electron chi connectivity index (χ4n) is 1.38. The Morgan fingerprint density at radius 3 is 3.06 bits per heavy atom. The van der Waals surface area contributed by atoms with Gasteiger partial charge in [0, 0.05) is 10.6 Å². The Bertz CT molecular complexity index is 477. The summed E-state index contributed by atoms with van der Waals surface area (Å²) >= 11 is 9.15. The molecule has 1 heterocycles. The van der Waals surface area contributed by atoms with Crippen molar-refractivity contribution in [2.24, 2.45) is 4.99 Å². The van der Waals surface area contributed by atoms with E-state index in [1.807, 2.05) is 12.3 Å². The lowest BCUT2D eigenvalue weighted by Crippen LogP contribution is -2.27. The quantitative estimate of drug-likeness (QED) is 0.850. The average Bonchev–Trinajstić information content (AvgIpc) is 2.82. The van der Waals surface area contributed by atoms with Crippen LogP contribution in [0.15, 0.2) is 28.1 Å². The molecule has 0 saturated carbocycles. The molecule has 1 aliphatic rings. The van der Waals surface area contributed by atoms with Gasteiger partial charge in [-0.1, -0.05) is 23.4 Å². The van der Waals surface area contributed by atoms with Gasteiger partial charge in [0.1, 0.15) is 0 Å². The normalized spacial score (nSPS) is 14.6. The Morgan fingerprint density at radius 2 is 2.41 bits per heavy atom. The highest BCUT2D eigenvalue weighted by molar-refractivity contribution is 8.14. The van der Waals surface area contributed by atoms with E-state index in [9.17, 15) is 4.79 Å². The summed E-state index contributed by atoms with van der Waals surface area (Å²) in [6.45, 7) is 0.763. The molecular formula is C11H11ClN2OS2. The van der Waals surface area contributed by atoms with Crippen molar-refractivity contribution in [3.05, 3.63) is 28.8 Å². The molecule has 0 aromatic heterocycles. The molecule has 0 bridgehead atoms. The van der Waals surface area contributed by atoms with E-state index in [-0.39, 0.29) is 5.91 Å². The maximum atomic E-state index is 12.0. The molecule has 1 aromatic rings. The topological polar surface area (TPSA) is 41.5 Å². The van der Waals surface area contributed by atoms with Gasteiger partial charge in [0.15, 0.2) is 5.17 Å². The van der Waals surface area contributed by atoms with Crippen molar-refractivity contribution < 1.29 is 4.79 Å². The largest absolute Gasteiger partial charge is 0.301 e. The van der Waals surface area contributed by atoms with Crippen LogP contribution in [0.3, 0.4) is 0 Å². The predicted molar refractivity (Wildman–Crippen MR) is 75.5 cm³/mol. The molecule has 0 saturated heterocycles. The number of nitrogens with one attached hydrogen (secondary N) is 1. The van der Waals surface area contributed by atoms with E-state index in [1.165, 1.54) is 0 Å². The zero-order valence-corrected chi connectivity index (χ0v) is 11.6. The van der Waals surface area contributed by atoms with E-state index in [0.717, 1.165) is 17.2 Å². The van der Waals surface area contributed by atoms with E-state index < -0.39 is 0 Å². The molecule has 1 aromatic carbocycles. The number of hydrogen-bond donors (Lipinski definition) is 1. The highest BCUT2D eigenvalue weighted by atomic mass is 35.5. The highest BCUT2D eigenvalue weighted by Crippen LogP contribution is 2.23. The predicted octanol–water partition coefficient (Wildman–Crippen LogP) is 2.89. The van der Waals surface area contributed by atoms with E-state index >= 15 is 0 Å². The fraction of sp³-hybridized carbons (Fsp3) is 0.273. The van der Waals surface area contributed by atoms with Crippen LogP contribution in [0, 0.1) is 0 Å². The first kappa shape index (κ1) is 12.8. The molecular weight excluding hydrogens is 276 g/mol. The highest BCUT2D eigenvalue weighted by Gasteiger charge is 2.15. The number of rotatable bonds is 2. The lowest BCUT2D eigenvalue weighted by molar-refractivity contribution is 0.0978. The third kappa shape index (κ3) is 3.18. The van der Waals surface area contributed by atoms with Crippen LogP contribution in [0.1, 0.15) is 10.4 Å². The van der Waals surface area contributed by atoms with Gasteiger partial charge in [-0.25, -0.2) is 0 Å². The van der Waals surface area contributed by atoms with Gasteiger partial charge in [-0.3, -0.25) is 9.79 Å². The van der Waals surface area contributed by atoms with Crippen LogP contribution >= 0.6 is 35.1 Å². The molecule has 1 amide bonds. The third-order valence-electron chi connectivity index (χ3n) is 2.22. The average molecular weight is 287 g/mol. The Morgan fingerprint density at radius 1 is 1.59 bits per heavy atom. The number of benzene rings is 1. The lowest BCUT2D eigenvalue weighted by atomic mass is 10.2. The number of amidine groups is 1. The monoisotopic (exact) mass is 286 g/mol. The van der Waals surface area contributed by atoms with Crippen molar-refractivity contribution in [2.75, 3.05) is 18.6 Å². The summed E-state index contributed by atoms with van der Waals surface area (Å²) in [6, 6.07) is 5.43. The Labute approximate surface area is 113 Å². The van der Waals surface area contributed by atoms with Crippen molar-refractivity contribution in [3.8, 4) is 0 Å². The van der Waals surface area contributed by atoms with Crippen LogP contribution in [-0.4, -0.2) is 29.6 Å². The second-order valence-electron chi connectivity index (χ2n) is 3.34. The minimum atomic E-state index is -0.195. The van der Waals surface area contributed by atoms with Crippen molar-refractivity contribution in [3.63, 3.8) is 0 Å². The van der Waals surface area contributed by atoms with E-state index in [2.05, 4.69) is 10.3 Å². The van der Waals surface area contributed by atoms with Gasteiger partial charge in [-0.15, -0.1) is 11.8 Å². The molecule has 6 heteroatoms. The molecule has 0 aliphatic carbocycles. The first-order valence-electron chi connectivity index (χ1n) is 5.03. The van der Waals surface area contributed by atoms with Crippen molar-refractivity contribution in [1.29, 1.82) is 0 Å². The van der Waals surface area contributed by atoms with Crippen molar-refractivity contribution >= 4 is 46.2 Å². The van der Waals surface area contributed by atoms with Crippen molar-refractivity contribution in [2.45, 2.75) is 4.90 Å². The molecule has 0 unspecified atom stereocenters. The molecule has 0 radical (unpaired) electrons. The van der Waals surface area contributed by atoms with Crippen molar-refractivity contribution in [1.82, 2.24) is 5.32 Å². The second kappa shape index (κ2) is 5.80. The summed E-state index contributed by atoms with van der Waals surface area (Å²) in [7, 11) is 0. The number of amides is 1. The Hall–Kier alpha value is -0.650. The molecule has 0 atom stereocenters. The molecule has 1 N–H and O–H groups in total. The fourth-order valence-corrected chi connectivity index (χ4v) is 2.75. The van der Waals surface area contributed by atoms with Gasteiger partial charge in [-0.05, 0) is 24.5 Å². The molecule has 0 spiro atoms. The molecule has 1 aliphatic heterocycles. The molecule has 2 rings (SSSR count). The van der Waals surface area contributed by atoms with Gasteiger partial charge in [-0.2, -0.15) is 0 Å². The smallest absolute Gasteiger partial charge is 0.258 e. The van der Waals surface area contributed by atoms with Gasteiger partial charge < -0.3 is 5.32 Å². The van der Waals surface area contributed by atoms with Crippen LogP contribution in [0.5, 0.6) is 0 Å². The minimum absolute atomic E-state index is 0.195. The van der Waals surface area contributed by atoms with E-state index in [0.29, 0.717) is 15.8 Å². The number of thioether (sulfide) groups is 2.